The van der Waals surface area contributed by atoms with Crippen molar-refractivity contribution in [1.82, 2.24) is 9.97 Å². The van der Waals surface area contributed by atoms with Gasteiger partial charge in [-0.15, -0.1) is 11.3 Å². The second-order valence-corrected chi connectivity index (χ2v) is 5.67. The van der Waals surface area contributed by atoms with Crippen LogP contribution in [0.3, 0.4) is 0 Å². The van der Waals surface area contributed by atoms with Crippen molar-refractivity contribution >= 4 is 34.7 Å². The average Bonchev–Trinajstić information content (AvgIpc) is 2.74. The SMILES string of the molecule is Cc1cccnc1N(CC(=O)O)Cc1cnc(Cl)s1. The van der Waals surface area contributed by atoms with Crippen LogP contribution in [0, 0.1) is 6.92 Å². The first-order valence-electron chi connectivity index (χ1n) is 5.55. The van der Waals surface area contributed by atoms with Crippen molar-refractivity contribution in [3.8, 4) is 0 Å². The lowest BCUT2D eigenvalue weighted by Crippen LogP contribution is -2.30. The highest BCUT2D eigenvalue weighted by Crippen LogP contribution is 2.23. The third-order valence-electron chi connectivity index (χ3n) is 2.48. The molecule has 0 spiro atoms. The van der Waals surface area contributed by atoms with E-state index >= 15 is 0 Å². The van der Waals surface area contributed by atoms with Gasteiger partial charge in [-0.05, 0) is 18.6 Å². The van der Waals surface area contributed by atoms with Crippen LogP contribution >= 0.6 is 22.9 Å². The molecule has 1 N–H and O–H groups in total. The van der Waals surface area contributed by atoms with Gasteiger partial charge in [0.1, 0.15) is 12.4 Å². The fourth-order valence-electron chi connectivity index (χ4n) is 1.72. The Hall–Kier alpha value is -1.66. The molecule has 2 aromatic rings. The zero-order chi connectivity index (χ0) is 13.8. The van der Waals surface area contributed by atoms with Gasteiger partial charge in [0, 0.05) is 17.3 Å². The van der Waals surface area contributed by atoms with Crippen molar-refractivity contribution in [3.05, 3.63) is 39.4 Å². The van der Waals surface area contributed by atoms with Crippen LogP contribution in [0.25, 0.3) is 0 Å². The van der Waals surface area contributed by atoms with Crippen LogP contribution < -0.4 is 4.90 Å². The van der Waals surface area contributed by atoms with E-state index < -0.39 is 5.97 Å². The number of nitrogens with zero attached hydrogens (tertiary/aromatic N) is 3. The first-order valence-corrected chi connectivity index (χ1v) is 6.74. The minimum atomic E-state index is -0.902. The Kier molecular flexibility index (Phi) is 4.34. The van der Waals surface area contributed by atoms with Gasteiger partial charge in [0.25, 0.3) is 0 Å². The number of pyridine rings is 1. The molecule has 0 fully saturated rings. The number of aryl methyl sites for hydroxylation is 1. The summed E-state index contributed by atoms with van der Waals surface area (Å²) in [6, 6.07) is 3.72. The summed E-state index contributed by atoms with van der Waals surface area (Å²) in [4.78, 5) is 21.8. The van der Waals surface area contributed by atoms with Gasteiger partial charge in [0.2, 0.25) is 0 Å². The number of hydrogen-bond donors (Lipinski definition) is 1. The van der Waals surface area contributed by atoms with Gasteiger partial charge in [0.15, 0.2) is 4.47 Å². The molecule has 0 bridgehead atoms. The molecule has 0 aliphatic heterocycles. The number of aliphatic carboxylic acids is 1. The summed E-state index contributed by atoms with van der Waals surface area (Å²) in [5.41, 5.74) is 0.930. The lowest BCUT2D eigenvalue weighted by Gasteiger charge is -2.22. The summed E-state index contributed by atoms with van der Waals surface area (Å²) in [6.07, 6.45) is 3.30. The maximum atomic E-state index is 11.0. The second kappa shape index (κ2) is 5.99. The van der Waals surface area contributed by atoms with E-state index in [0.29, 0.717) is 16.8 Å². The minimum Gasteiger partial charge on any atom is -0.480 e. The fourth-order valence-corrected chi connectivity index (χ4v) is 2.72. The number of aromatic nitrogens is 2. The summed E-state index contributed by atoms with van der Waals surface area (Å²) < 4.78 is 0.447. The molecule has 0 radical (unpaired) electrons. The zero-order valence-corrected chi connectivity index (χ0v) is 11.8. The van der Waals surface area contributed by atoms with Gasteiger partial charge in [-0.3, -0.25) is 4.79 Å². The number of anilines is 1. The van der Waals surface area contributed by atoms with Crippen LogP contribution in [-0.4, -0.2) is 27.6 Å². The minimum absolute atomic E-state index is 0.118. The smallest absolute Gasteiger partial charge is 0.323 e. The first kappa shape index (κ1) is 13.8. The lowest BCUT2D eigenvalue weighted by molar-refractivity contribution is -0.135. The van der Waals surface area contributed by atoms with E-state index in [1.165, 1.54) is 11.3 Å². The van der Waals surface area contributed by atoms with E-state index in [-0.39, 0.29) is 6.54 Å². The Morgan fingerprint density at radius 2 is 2.32 bits per heavy atom. The van der Waals surface area contributed by atoms with Gasteiger partial charge in [-0.25, -0.2) is 9.97 Å². The van der Waals surface area contributed by atoms with Crippen LogP contribution in [0.5, 0.6) is 0 Å². The Labute approximate surface area is 119 Å². The summed E-state index contributed by atoms with van der Waals surface area (Å²) in [7, 11) is 0. The normalized spacial score (nSPS) is 10.4. The monoisotopic (exact) mass is 297 g/mol. The Bertz CT molecular complexity index is 588. The molecule has 2 rings (SSSR count). The number of carboxylic acids is 1. The Morgan fingerprint density at radius 1 is 1.53 bits per heavy atom. The second-order valence-electron chi connectivity index (χ2n) is 3.97. The third kappa shape index (κ3) is 3.65. The topological polar surface area (TPSA) is 66.3 Å². The van der Waals surface area contributed by atoms with Gasteiger partial charge in [-0.1, -0.05) is 17.7 Å². The predicted molar refractivity (Wildman–Crippen MR) is 74.8 cm³/mol. The molecule has 7 heteroatoms. The molecular formula is C12H12ClN3O2S. The summed E-state index contributed by atoms with van der Waals surface area (Å²) in [5.74, 6) is -0.241. The van der Waals surface area contributed by atoms with Crippen LogP contribution in [-0.2, 0) is 11.3 Å². The van der Waals surface area contributed by atoms with Gasteiger partial charge in [-0.2, -0.15) is 0 Å². The molecule has 0 saturated heterocycles. The molecule has 0 aromatic carbocycles. The number of halogens is 1. The molecule has 0 amide bonds. The van der Waals surface area contributed by atoms with E-state index in [1.54, 1.807) is 17.3 Å². The molecule has 0 aliphatic rings. The Balaban J connectivity index is 2.26. The highest BCUT2D eigenvalue weighted by Gasteiger charge is 2.15. The molecule has 0 saturated carbocycles. The van der Waals surface area contributed by atoms with Gasteiger partial charge in [0.05, 0.1) is 6.54 Å². The quantitative estimate of drug-likeness (QED) is 0.919. The maximum absolute atomic E-state index is 11.0. The highest BCUT2D eigenvalue weighted by atomic mass is 35.5. The van der Waals surface area contributed by atoms with Crippen LogP contribution in [0.2, 0.25) is 4.47 Å². The van der Waals surface area contributed by atoms with Crippen molar-refractivity contribution in [1.29, 1.82) is 0 Å². The fraction of sp³-hybridized carbons (Fsp3) is 0.250. The molecular weight excluding hydrogens is 286 g/mol. The molecule has 0 aliphatic carbocycles. The number of thiazole rings is 1. The Morgan fingerprint density at radius 3 is 2.89 bits per heavy atom. The number of rotatable bonds is 5. The first-order chi connectivity index (χ1) is 9.06. The molecule has 5 nitrogen and oxygen atoms in total. The van der Waals surface area contributed by atoms with Crippen LogP contribution in [0.4, 0.5) is 5.82 Å². The molecule has 100 valence electrons. The largest absolute Gasteiger partial charge is 0.480 e. The van der Waals surface area contributed by atoms with Crippen LogP contribution in [0.1, 0.15) is 10.4 Å². The third-order valence-corrected chi connectivity index (χ3v) is 3.58. The number of hydrogen-bond acceptors (Lipinski definition) is 5. The van der Waals surface area contributed by atoms with Gasteiger partial charge >= 0.3 is 5.97 Å². The van der Waals surface area contributed by atoms with Crippen molar-refractivity contribution < 1.29 is 9.90 Å². The van der Waals surface area contributed by atoms with Crippen molar-refractivity contribution in [2.24, 2.45) is 0 Å². The van der Waals surface area contributed by atoms with E-state index in [1.807, 2.05) is 19.1 Å². The number of carboxylic acid groups (broad SMARTS) is 1. The molecule has 19 heavy (non-hydrogen) atoms. The number of carbonyl (C=O) groups is 1. The standard InChI is InChI=1S/C12H12ClN3O2S/c1-8-3-2-4-14-11(8)16(7-10(17)18)6-9-5-15-12(13)19-9/h2-5H,6-7H2,1H3,(H,17,18). The van der Waals surface area contributed by atoms with E-state index in [9.17, 15) is 4.79 Å². The van der Waals surface area contributed by atoms with Crippen molar-refractivity contribution in [2.45, 2.75) is 13.5 Å². The highest BCUT2D eigenvalue weighted by molar-refractivity contribution is 7.15. The van der Waals surface area contributed by atoms with E-state index in [4.69, 9.17) is 16.7 Å². The molecule has 2 heterocycles. The maximum Gasteiger partial charge on any atom is 0.323 e. The molecule has 0 unspecified atom stereocenters. The zero-order valence-electron chi connectivity index (χ0n) is 10.2. The summed E-state index contributed by atoms with van der Waals surface area (Å²) >= 11 is 7.12. The van der Waals surface area contributed by atoms with Gasteiger partial charge < -0.3 is 10.0 Å². The molecule has 2 aromatic heterocycles. The van der Waals surface area contributed by atoms with E-state index in [2.05, 4.69) is 9.97 Å². The predicted octanol–water partition coefficient (Wildman–Crippen LogP) is 2.59. The lowest BCUT2D eigenvalue weighted by atomic mass is 10.2. The molecule has 0 atom stereocenters. The van der Waals surface area contributed by atoms with Crippen molar-refractivity contribution in [3.63, 3.8) is 0 Å². The van der Waals surface area contributed by atoms with Crippen LogP contribution in [0.15, 0.2) is 24.5 Å². The van der Waals surface area contributed by atoms with Crippen molar-refractivity contribution in [2.75, 3.05) is 11.4 Å². The van der Waals surface area contributed by atoms with E-state index in [0.717, 1.165) is 10.4 Å². The average molecular weight is 298 g/mol. The summed E-state index contributed by atoms with van der Waals surface area (Å²) in [5, 5.41) is 9.01. The summed E-state index contributed by atoms with van der Waals surface area (Å²) in [6.45, 7) is 2.21.